The number of benzene rings is 2. The summed E-state index contributed by atoms with van der Waals surface area (Å²) in [6, 6.07) is 12.4. The molecule has 4 rings (SSSR count). The van der Waals surface area contributed by atoms with E-state index in [1.54, 1.807) is 13.2 Å². The summed E-state index contributed by atoms with van der Waals surface area (Å²) in [4.78, 5) is 16.9. The number of hydrogen-bond donors (Lipinski definition) is 2. The van der Waals surface area contributed by atoms with Gasteiger partial charge in [0, 0.05) is 18.8 Å². The Balaban J connectivity index is 1.87. The normalized spacial score (nSPS) is 17.7. The molecule has 0 unspecified atom stereocenters. The minimum Gasteiger partial charge on any atom is -0.478 e. The molecular formula is C29H39N3O3. The molecular weight excluding hydrogens is 438 g/mol. The van der Waals surface area contributed by atoms with E-state index in [4.69, 9.17) is 9.72 Å². The van der Waals surface area contributed by atoms with Gasteiger partial charge >= 0.3 is 5.97 Å². The largest absolute Gasteiger partial charge is 0.478 e. The van der Waals surface area contributed by atoms with Crippen LogP contribution in [0.15, 0.2) is 36.4 Å². The maximum absolute atomic E-state index is 12.0. The number of aromatic nitrogens is 2. The summed E-state index contributed by atoms with van der Waals surface area (Å²) in [6.07, 6.45) is 3.23. The number of carboxylic acids is 1. The van der Waals surface area contributed by atoms with E-state index in [1.165, 1.54) is 12.0 Å². The minimum atomic E-state index is -0.966. The van der Waals surface area contributed by atoms with E-state index in [2.05, 4.69) is 75.7 Å². The summed E-state index contributed by atoms with van der Waals surface area (Å²) >= 11 is 0. The first-order chi connectivity index (χ1) is 16.4. The molecule has 3 aromatic rings. The van der Waals surface area contributed by atoms with Gasteiger partial charge in [-0.25, -0.2) is 9.78 Å². The maximum Gasteiger partial charge on any atom is 0.336 e. The van der Waals surface area contributed by atoms with Crippen molar-refractivity contribution in [2.45, 2.75) is 79.4 Å². The zero-order chi connectivity index (χ0) is 25.5. The van der Waals surface area contributed by atoms with Crippen LogP contribution in [0.2, 0.25) is 0 Å². The van der Waals surface area contributed by atoms with E-state index in [-0.39, 0.29) is 29.0 Å². The van der Waals surface area contributed by atoms with Gasteiger partial charge in [0.15, 0.2) is 0 Å². The third-order valence-corrected chi connectivity index (χ3v) is 7.18. The summed E-state index contributed by atoms with van der Waals surface area (Å²) in [5.41, 5.74) is 5.17. The summed E-state index contributed by atoms with van der Waals surface area (Å²) in [7, 11) is 1.59. The second kappa shape index (κ2) is 9.30. The summed E-state index contributed by atoms with van der Waals surface area (Å²) in [5, 5.41) is 13.4. The van der Waals surface area contributed by atoms with Crippen LogP contribution < -0.4 is 5.32 Å². The average molecular weight is 478 g/mol. The first kappa shape index (κ1) is 25.2. The number of rotatable bonds is 7. The fourth-order valence-corrected chi connectivity index (χ4v) is 6.17. The molecule has 35 heavy (non-hydrogen) atoms. The number of hydrogen-bond acceptors (Lipinski definition) is 4. The number of nitrogens with zero attached hydrogens (tertiary/aromatic N) is 2. The van der Waals surface area contributed by atoms with Gasteiger partial charge in [-0.2, -0.15) is 0 Å². The van der Waals surface area contributed by atoms with Crippen molar-refractivity contribution >= 4 is 28.6 Å². The molecule has 188 valence electrons. The highest BCUT2D eigenvalue weighted by molar-refractivity contribution is 5.95. The number of fused-ring (bicyclic) bond motifs is 1. The second-order valence-corrected chi connectivity index (χ2v) is 12.0. The van der Waals surface area contributed by atoms with Gasteiger partial charge in [0.1, 0.15) is 0 Å². The molecule has 0 amide bonds. The van der Waals surface area contributed by atoms with E-state index in [0.29, 0.717) is 17.0 Å². The molecule has 0 aliphatic heterocycles. The van der Waals surface area contributed by atoms with Gasteiger partial charge in [0.2, 0.25) is 5.95 Å². The molecule has 0 bridgehead atoms. The van der Waals surface area contributed by atoms with Crippen molar-refractivity contribution in [3.8, 4) is 0 Å². The molecule has 1 aliphatic carbocycles. The Labute approximate surface area is 208 Å². The number of carboxylic acid groups (broad SMARTS) is 1. The van der Waals surface area contributed by atoms with Gasteiger partial charge in [-0.15, -0.1) is 0 Å². The average Bonchev–Trinajstić information content (AvgIpc) is 3.08. The number of methoxy groups -OCH3 is 1. The molecule has 1 aliphatic rings. The van der Waals surface area contributed by atoms with Gasteiger partial charge in [0.05, 0.1) is 23.2 Å². The van der Waals surface area contributed by atoms with Gasteiger partial charge in [-0.1, -0.05) is 53.7 Å². The molecule has 1 aromatic heterocycles. The van der Waals surface area contributed by atoms with Crippen molar-refractivity contribution in [2.24, 2.45) is 10.8 Å². The van der Waals surface area contributed by atoms with Crippen LogP contribution in [0.5, 0.6) is 0 Å². The van der Waals surface area contributed by atoms with Crippen molar-refractivity contribution in [1.29, 1.82) is 0 Å². The topological polar surface area (TPSA) is 76.4 Å². The predicted molar refractivity (Wildman–Crippen MR) is 142 cm³/mol. The Morgan fingerprint density at radius 2 is 1.77 bits per heavy atom. The number of nitrogens with one attached hydrogen (secondary N) is 1. The van der Waals surface area contributed by atoms with Crippen LogP contribution in [0.1, 0.15) is 94.2 Å². The molecule has 1 fully saturated rings. The van der Waals surface area contributed by atoms with Crippen LogP contribution in [0, 0.1) is 10.8 Å². The van der Waals surface area contributed by atoms with Crippen molar-refractivity contribution in [3.63, 3.8) is 0 Å². The fraction of sp³-hybridized carbons (Fsp3) is 0.517. The molecule has 2 aromatic carbocycles. The quantitative estimate of drug-likeness (QED) is 0.368. The smallest absolute Gasteiger partial charge is 0.336 e. The number of imidazole rings is 1. The maximum atomic E-state index is 12.0. The highest BCUT2D eigenvalue weighted by atomic mass is 16.5. The zero-order valence-corrected chi connectivity index (χ0v) is 22.1. The van der Waals surface area contributed by atoms with Crippen LogP contribution in [-0.4, -0.2) is 27.7 Å². The van der Waals surface area contributed by atoms with Crippen molar-refractivity contribution in [2.75, 3.05) is 12.4 Å². The predicted octanol–water partition coefficient (Wildman–Crippen LogP) is 7.53. The van der Waals surface area contributed by atoms with Crippen LogP contribution >= 0.6 is 0 Å². The number of anilines is 2. The van der Waals surface area contributed by atoms with Crippen LogP contribution in [-0.2, 0) is 11.3 Å². The lowest BCUT2D eigenvalue weighted by Crippen LogP contribution is -2.35. The molecule has 6 heteroatoms. The first-order valence-electron chi connectivity index (χ1n) is 12.5. The van der Waals surface area contributed by atoms with Gasteiger partial charge in [-0.3, -0.25) is 0 Å². The van der Waals surface area contributed by atoms with Crippen molar-refractivity contribution < 1.29 is 14.6 Å². The summed E-state index contributed by atoms with van der Waals surface area (Å²) in [6.45, 7) is 14.0. The zero-order valence-electron chi connectivity index (χ0n) is 22.1. The molecule has 0 radical (unpaired) electrons. The lowest BCUT2D eigenvalue weighted by Gasteiger charge is -2.45. The van der Waals surface area contributed by atoms with E-state index >= 15 is 0 Å². The van der Waals surface area contributed by atoms with Crippen molar-refractivity contribution in [1.82, 2.24) is 9.55 Å². The highest BCUT2D eigenvalue weighted by Gasteiger charge is 2.40. The molecule has 6 nitrogen and oxygen atoms in total. The second-order valence-electron chi connectivity index (χ2n) is 12.0. The van der Waals surface area contributed by atoms with Crippen LogP contribution in [0.4, 0.5) is 11.6 Å². The van der Waals surface area contributed by atoms with E-state index in [1.807, 2.05) is 6.07 Å². The molecule has 0 spiro atoms. The molecule has 0 atom stereocenters. The SMILES string of the molecule is COCc1cc2c(cc1C(=O)O)nc(Nc1ccc(C(C)C)cc1)n2C1CC(C)(C)CC(C)(C)C1. The first-order valence-corrected chi connectivity index (χ1v) is 12.5. The molecule has 1 saturated carbocycles. The molecule has 0 saturated heterocycles. The van der Waals surface area contributed by atoms with Gasteiger partial charge in [0.25, 0.3) is 0 Å². The van der Waals surface area contributed by atoms with Gasteiger partial charge < -0.3 is 19.7 Å². The highest BCUT2D eigenvalue weighted by Crippen LogP contribution is 2.51. The Hall–Kier alpha value is -2.86. The van der Waals surface area contributed by atoms with E-state index in [9.17, 15) is 9.90 Å². The number of aromatic carboxylic acids is 1. The monoisotopic (exact) mass is 477 g/mol. The Morgan fingerprint density at radius 1 is 1.14 bits per heavy atom. The lowest BCUT2D eigenvalue weighted by molar-refractivity contribution is 0.0691. The molecule has 1 heterocycles. The number of carbonyl (C=O) groups is 1. The van der Waals surface area contributed by atoms with Crippen LogP contribution in [0.3, 0.4) is 0 Å². The van der Waals surface area contributed by atoms with Crippen molar-refractivity contribution in [3.05, 3.63) is 53.1 Å². The van der Waals surface area contributed by atoms with E-state index < -0.39 is 5.97 Å². The fourth-order valence-electron chi connectivity index (χ4n) is 6.17. The Kier molecular flexibility index (Phi) is 6.71. The standard InChI is InChI=1S/C29H39N3O3/c1-18(2)19-8-10-21(11-9-19)30-27-31-24-13-23(26(33)34)20(16-35-7)12-25(24)32(27)22-14-28(3,4)17-29(5,6)15-22/h8-13,18,22H,14-17H2,1-7H3,(H,30,31)(H,33,34). The Morgan fingerprint density at radius 3 is 2.31 bits per heavy atom. The summed E-state index contributed by atoms with van der Waals surface area (Å²) in [5.74, 6) is 0.253. The number of ether oxygens (including phenoxy) is 1. The van der Waals surface area contributed by atoms with E-state index in [0.717, 1.165) is 30.0 Å². The van der Waals surface area contributed by atoms with Crippen LogP contribution in [0.25, 0.3) is 11.0 Å². The third-order valence-electron chi connectivity index (χ3n) is 7.18. The third kappa shape index (κ3) is 5.37. The lowest BCUT2D eigenvalue weighted by atomic mass is 9.63. The Bertz CT molecular complexity index is 1210. The molecule has 2 N–H and O–H groups in total. The minimum absolute atomic E-state index is 0.190. The summed E-state index contributed by atoms with van der Waals surface area (Å²) < 4.78 is 7.65. The van der Waals surface area contributed by atoms with Gasteiger partial charge in [-0.05, 0) is 71.4 Å².